The van der Waals surface area contributed by atoms with E-state index in [0.717, 1.165) is 14.7 Å². The van der Waals surface area contributed by atoms with Gasteiger partial charge in [-0.25, -0.2) is 0 Å². The van der Waals surface area contributed by atoms with E-state index in [4.69, 9.17) is 11.6 Å². The quantitative estimate of drug-likeness (QED) is 0.783. The molecule has 84 valence electrons. The van der Waals surface area contributed by atoms with E-state index in [9.17, 15) is 5.11 Å². The van der Waals surface area contributed by atoms with Crippen molar-refractivity contribution in [3.05, 3.63) is 54.2 Å². The number of thiophene rings is 1. The van der Waals surface area contributed by atoms with Crippen molar-refractivity contribution in [1.29, 1.82) is 0 Å². The van der Waals surface area contributed by atoms with Crippen LogP contribution in [0, 0.1) is 10.5 Å². The van der Waals surface area contributed by atoms with Crippen molar-refractivity contribution < 1.29 is 5.11 Å². The first kappa shape index (κ1) is 12.4. The molecule has 4 heteroatoms. The molecule has 0 saturated carbocycles. The van der Waals surface area contributed by atoms with Crippen LogP contribution in [0.3, 0.4) is 0 Å². The number of hydrogen-bond donors (Lipinski definition) is 1. The average Bonchev–Trinajstić information content (AvgIpc) is 2.67. The van der Waals surface area contributed by atoms with Crippen LogP contribution in [-0.4, -0.2) is 5.11 Å². The molecule has 0 aliphatic carbocycles. The van der Waals surface area contributed by atoms with Crippen LogP contribution in [0.1, 0.15) is 22.1 Å². The van der Waals surface area contributed by atoms with Gasteiger partial charge in [-0.3, -0.25) is 0 Å². The molecular weight excluding hydrogens is 355 g/mol. The van der Waals surface area contributed by atoms with E-state index in [0.29, 0.717) is 5.02 Å². The van der Waals surface area contributed by atoms with Crippen LogP contribution >= 0.6 is 45.5 Å². The Hall–Kier alpha value is -0.100. The molecule has 1 aromatic carbocycles. The highest BCUT2D eigenvalue weighted by molar-refractivity contribution is 14.1. The van der Waals surface area contributed by atoms with Gasteiger partial charge in [0.15, 0.2) is 0 Å². The highest BCUT2D eigenvalue weighted by Gasteiger charge is 2.15. The van der Waals surface area contributed by atoms with E-state index in [2.05, 4.69) is 22.6 Å². The fraction of sp³-hybridized carbons (Fsp3) is 0.167. The molecule has 1 heterocycles. The minimum atomic E-state index is -0.587. The van der Waals surface area contributed by atoms with Gasteiger partial charge in [-0.05, 0) is 70.3 Å². The maximum Gasteiger partial charge on any atom is 0.106 e. The molecule has 0 spiro atoms. The van der Waals surface area contributed by atoms with Crippen molar-refractivity contribution in [2.75, 3.05) is 0 Å². The van der Waals surface area contributed by atoms with E-state index in [1.165, 1.54) is 4.88 Å². The molecule has 1 unspecified atom stereocenters. The highest BCUT2D eigenvalue weighted by Crippen LogP contribution is 2.30. The fourth-order valence-electron chi connectivity index (χ4n) is 1.51. The number of aryl methyl sites for hydroxylation is 1. The Balaban J connectivity index is 2.40. The zero-order valence-corrected chi connectivity index (χ0v) is 12.3. The molecule has 16 heavy (non-hydrogen) atoms. The van der Waals surface area contributed by atoms with Crippen LogP contribution in [0.4, 0.5) is 0 Å². The van der Waals surface area contributed by atoms with Crippen LogP contribution in [-0.2, 0) is 0 Å². The fourth-order valence-corrected chi connectivity index (χ4v) is 3.04. The number of rotatable bonds is 2. The molecule has 1 atom stereocenters. The zero-order valence-electron chi connectivity index (χ0n) is 8.58. The molecule has 0 aliphatic rings. The molecule has 0 fully saturated rings. The van der Waals surface area contributed by atoms with Gasteiger partial charge in [-0.1, -0.05) is 11.6 Å². The summed E-state index contributed by atoms with van der Waals surface area (Å²) in [4.78, 5) is 1.20. The largest absolute Gasteiger partial charge is 0.384 e. The second-order valence-electron chi connectivity index (χ2n) is 3.56. The molecule has 0 amide bonds. The lowest BCUT2D eigenvalue weighted by Crippen LogP contribution is -2.00. The first-order valence-electron chi connectivity index (χ1n) is 4.76. The van der Waals surface area contributed by atoms with E-state index in [-0.39, 0.29) is 0 Å². The molecule has 1 aromatic heterocycles. The topological polar surface area (TPSA) is 20.2 Å². The number of hydrogen-bond acceptors (Lipinski definition) is 2. The zero-order chi connectivity index (χ0) is 11.7. The second-order valence-corrected chi connectivity index (χ2v) is 6.27. The minimum absolute atomic E-state index is 0.587. The predicted octanol–water partition coefficient (Wildman–Crippen LogP) is 4.40. The van der Waals surface area contributed by atoms with E-state index < -0.39 is 6.10 Å². The normalized spacial score (nSPS) is 12.8. The van der Waals surface area contributed by atoms with Gasteiger partial charge in [-0.15, -0.1) is 11.3 Å². The van der Waals surface area contributed by atoms with Crippen LogP contribution in [0.2, 0.25) is 5.02 Å². The van der Waals surface area contributed by atoms with E-state index in [1.807, 2.05) is 36.6 Å². The highest BCUT2D eigenvalue weighted by atomic mass is 127. The van der Waals surface area contributed by atoms with Gasteiger partial charge in [0.05, 0.1) is 0 Å². The van der Waals surface area contributed by atoms with Crippen LogP contribution in [0.25, 0.3) is 0 Å². The molecule has 0 aliphatic heterocycles. The van der Waals surface area contributed by atoms with Crippen LogP contribution in [0.5, 0.6) is 0 Å². The number of aliphatic hydroxyl groups excluding tert-OH is 1. The second kappa shape index (κ2) is 5.04. The van der Waals surface area contributed by atoms with Crippen LogP contribution in [0.15, 0.2) is 29.6 Å². The lowest BCUT2D eigenvalue weighted by Gasteiger charge is -2.11. The smallest absolute Gasteiger partial charge is 0.106 e. The third-order valence-corrected chi connectivity index (χ3v) is 4.42. The lowest BCUT2D eigenvalue weighted by atomic mass is 10.0. The molecule has 2 rings (SSSR count). The van der Waals surface area contributed by atoms with Crippen molar-refractivity contribution in [1.82, 2.24) is 0 Å². The number of halogens is 2. The summed E-state index contributed by atoms with van der Waals surface area (Å²) in [6, 6.07) is 7.58. The monoisotopic (exact) mass is 364 g/mol. The summed E-state index contributed by atoms with van der Waals surface area (Å²) in [7, 11) is 0. The van der Waals surface area contributed by atoms with Gasteiger partial charge in [-0.2, -0.15) is 0 Å². The van der Waals surface area contributed by atoms with Crippen molar-refractivity contribution in [3.63, 3.8) is 0 Å². The summed E-state index contributed by atoms with van der Waals surface area (Å²) in [6.45, 7) is 2.03. The van der Waals surface area contributed by atoms with E-state index in [1.54, 1.807) is 11.3 Å². The Kier molecular flexibility index (Phi) is 3.89. The molecule has 0 saturated heterocycles. The molecule has 1 nitrogen and oxygen atoms in total. The Bertz CT molecular complexity index is 509. The minimum Gasteiger partial charge on any atom is -0.384 e. The van der Waals surface area contributed by atoms with Crippen molar-refractivity contribution >= 4 is 45.5 Å². The Morgan fingerprint density at radius 1 is 1.38 bits per heavy atom. The molecule has 0 radical (unpaired) electrons. The predicted molar refractivity (Wildman–Crippen MR) is 77.3 cm³/mol. The molecule has 1 N–H and O–H groups in total. The van der Waals surface area contributed by atoms with Crippen molar-refractivity contribution in [3.8, 4) is 0 Å². The third-order valence-electron chi connectivity index (χ3n) is 2.32. The SMILES string of the molecule is Cc1cc(C(O)c2cc(Cl)ccc2I)cs1. The summed E-state index contributed by atoms with van der Waals surface area (Å²) >= 11 is 9.79. The van der Waals surface area contributed by atoms with Gasteiger partial charge in [0.1, 0.15) is 6.10 Å². The third kappa shape index (κ3) is 2.59. The first-order valence-corrected chi connectivity index (χ1v) is 7.09. The summed E-state index contributed by atoms with van der Waals surface area (Å²) < 4.78 is 1.03. The summed E-state index contributed by atoms with van der Waals surface area (Å²) in [5, 5.41) is 12.9. The first-order chi connectivity index (χ1) is 7.58. The standard InChI is InChI=1S/C12H10ClIOS/c1-7-4-8(6-16-7)12(15)10-5-9(13)2-3-11(10)14/h2-6,12,15H,1H3. The van der Waals surface area contributed by atoms with Crippen molar-refractivity contribution in [2.45, 2.75) is 13.0 Å². The Morgan fingerprint density at radius 2 is 2.12 bits per heavy atom. The van der Waals surface area contributed by atoms with E-state index >= 15 is 0 Å². The lowest BCUT2D eigenvalue weighted by molar-refractivity contribution is 0.220. The maximum absolute atomic E-state index is 10.3. The van der Waals surface area contributed by atoms with Gasteiger partial charge in [0.2, 0.25) is 0 Å². The summed E-state index contributed by atoms with van der Waals surface area (Å²) in [5.74, 6) is 0. The average molecular weight is 365 g/mol. The molecular formula is C12H10ClIOS. The summed E-state index contributed by atoms with van der Waals surface area (Å²) in [6.07, 6.45) is -0.587. The Labute approximate surface area is 117 Å². The number of benzene rings is 1. The van der Waals surface area contributed by atoms with Gasteiger partial charge in [0, 0.05) is 13.5 Å². The van der Waals surface area contributed by atoms with Crippen LogP contribution < -0.4 is 0 Å². The van der Waals surface area contributed by atoms with Gasteiger partial charge < -0.3 is 5.11 Å². The molecule has 0 bridgehead atoms. The maximum atomic E-state index is 10.3. The van der Waals surface area contributed by atoms with Crippen molar-refractivity contribution in [2.24, 2.45) is 0 Å². The summed E-state index contributed by atoms with van der Waals surface area (Å²) in [5.41, 5.74) is 1.80. The van der Waals surface area contributed by atoms with Gasteiger partial charge in [0.25, 0.3) is 0 Å². The molecule has 2 aromatic rings. The Morgan fingerprint density at radius 3 is 2.75 bits per heavy atom. The number of aliphatic hydroxyl groups is 1. The van der Waals surface area contributed by atoms with Gasteiger partial charge >= 0.3 is 0 Å².